The molecule has 4 heteroatoms. The zero-order valence-electron chi connectivity index (χ0n) is 10.8. The first-order valence-electron chi connectivity index (χ1n) is 6.63. The standard InChI is InChI=1S/C14H20N2O2/c1-10-8-13(12(9-15-10)14(17)18)16-11-6-4-2-3-5-7-11/h8-9,11H,2-7H2,1H3,(H,15,16)(H,17,18). The second-order valence-electron chi connectivity index (χ2n) is 5.01. The largest absolute Gasteiger partial charge is 0.478 e. The molecule has 0 saturated heterocycles. The zero-order valence-corrected chi connectivity index (χ0v) is 10.8. The van der Waals surface area contributed by atoms with Crippen LogP contribution in [0.15, 0.2) is 12.3 Å². The van der Waals surface area contributed by atoms with E-state index in [9.17, 15) is 4.79 Å². The molecule has 0 aromatic carbocycles. The number of aromatic carboxylic acids is 1. The van der Waals surface area contributed by atoms with E-state index >= 15 is 0 Å². The fourth-order valence-corrected chi connectivity index (χ4v) is 2.49. The van der Waals surface area contributed by atoms with Gasteiger partial charge in [0, 0.05) is 17.9 Å². The minimum atomic E-state index is -0.918. The van der Waals surface area contributed by atoms with Crippen molar-refractivity contribution in [3.63, 3.8) is 0 Å². The molecule has 2 N–H and O–H groups in total. The molecule has 1 aromatic heterocycles. The van der Waals surface area contributed by atoms with Crippen molar-refractivity contribution in [2.75, 3.05) is 5.32 Å². The normalized spacial score (nSPS) is 17.2. The lowest BCUT2D eigenvalue weighted by Gasteiger charge is -2.19. The zero-order chi connectivity index (χ0) is 13.0. The molecule has 0 unspecified atom stereocenters. The van der Waals surface area contributed by atoms with Crippen molar-refractivity contribution < 1.29 is 9.90 Å². The minimum absolute atomic E-state index is 0.268. The number of carboxylic acids is 1. The van der Waals surface area contributed by atoms with Gasteiger partial charge in [-0.2, -0.15) is 0 Å². The van der Waals surface area contributed by atoms with Crippen LogP contribution in [0.3, 0.4) is 0 Å². The van der Waals surface area contributed by atoms with Crippen molar-refractivity contribution in [3.8, 4) is 0 Å². The summed E-state index contributed by atoms with van der Waals surface area (Å²) in [7, 11) is 0. The first kappa shape index (κ1) is 12.9. The number of pyridine rings is 1. The van der Waals surface area contributed by atoms with E-state index in [1.54, 1.807) is 0 Å². The van der Waals surface area contributed by atoms with Gasteiger partial charge in [-0.15, -0.1) is 0 Å². The highest BCUT2D eigenvalue weighted by atomic mass is 16.4. The van der Waals surface area contributed by atoms with Crippen LogP contribution in [0.4, 0.5) is 5.69 Å². The van der Waals surface area contributed by atoms with Crippen LogP contribution >= 0.6 is 0 Å². The van der Waals surface area contributed by atoms with Gasteiger partial charge >= 0.3 is 5.97 Å². The van der Waals surface area contributed by atoms with Gasteiger partial charge < -0.3 is 10.4 Å². The Labute approximate surface area is 107 Å². The number of anilines is 1. The number of hydrogen-bond acceptors (Lipinski definition) is 3. The van der Waals surface area contributed by atoms with E-state index in [1.807, 2.05) is 13.0 Å². The van der Waals surface area contributed by atoms with Crippen LogP contribution in [0.5, 0.6) is 0 Å². The molecule has 1 fully saturated rings. The number of rotatable bonds is 3. The molecule has 1 heterocycles. The highest BCUT2D eigenvalue weighted by molar-refractivity contribution is 5.93. The first-order valence-corrected chi connectivity index (χ1v) is 6.63. The Kier molecular flexibility index (Phi) is 4.18. The van der Waals surface area contributed by atoms with Crippen LogP contribution in [0.1, 0.15) is 54.6 Å². The predicted molar refractivity (Wildman–Crippen MR) is 71.0 cm³/mol. The monoisotopic (exact) mass is 248 g/mol. The smallest absolute Gasteiger partial charge is 0.339 e. The highest BCUT2D eigenvalue weighted by Gasteiger charge is 2.16. The molecule has 0 bridgehead atoms. The Bertz CT molecular complexity index is 424. The second-order valence-corrected chi connectivity index (χ2v) is 5.01. The van der Waals surface area contributed by atoms with Crippen LogP contribution in [0.25, 0.3) is 0 Å². The Hall–Kier alpha value is -1.58. The van der Waals surface area contributed by atoms with Crippen LogP contribution in [-0.4, -0.2) is 22.1 Å². The number of carboxylic acid groups (broad SMARTS) is 1. The second kappa shape index (κ2) is 5.85. The SMILES string of the molecule is Cc1cc(NC2CCCCCC2)c(C(=O)O)cn1. The number of hydrogen-bond donors (Lipinski definition) is 2. The lowest BCUT2D eigenvalue weighted by molar-refractivity contribution is 0.0697. The van der Waals surface area contributed by atoms with Gasteiger partial charge in [-0.1, -0.05) is 25.7 Å². The van der Waals surface area contributed by atoms with Crippen LogP contribution < -0.4 is 5.32 Å². The number of aromatic nitrogens is 1. The summed E-state index contributed by atoms with van der Waals surface area (Å²) in [6.45, 7) is 1.88. The van der Waals surface area contributed by atoms with E-state index in [2.05, 4.69) is 10.3 Å². The van der Waals surface area contributed by atoms with Gasteiger partial charge in [0.15, 0.2) is 0 Å². The average molecular weight is 248 g/mol. The molecule has 1 saturated carbocycles. The van der Waals surface area contributed by atoms with Crippen LogP contribution in [0, 0.1) is 6.92 Å². The van der Waals surface area contributed by atoms with Gasteiger partial charge in [0.25, 0.3) is 0 Å². The van der Waals surface area contributed by atoms with Crippen molar-refractivity contribution >= 4 is 11.7 Å². The van der Waals surface area contributed by atoms with Gasteiger partial charge in [-0.3, -0.25) is 4.98 Å². The van der Waals surface area contributed by atoms with E-state index in [-0.39, 0.29) is 5.56 Å². The molecule has 1 aromatic rings. The Morgan fingerprint density at radius 2 is 2.00 bits per heavy atom. The third-order valence-electron chi connectivity index (χ3n) is 3.49. The third kappa shape index (κ3) is 3.22. The van der Waals surface area contributed by atoms with E-state index in [1.165, 1.54) is 31.9 Å². The lowest BCUT2D eigenvalue weighted by Crippen LogP contribution is -2.20. The summed E-state index contributed by atoms with van der Waals surface area (Å²) in [5, 5.41) is 12.6. The maximum Gasteiger partial charge on any atom is 0.339 e. The molecule has 4 nitrogen and oxygen atoms in total. The molecular formula is C14H20N2O2. The third-order valence-corrected chi connectivity index (χ3v) is 3.49. The maximum absolute atomic E-state index is 11.2. The van der Waals surface area contributed by atoms with Crippen molar-refractivity contribution in [1.29, 1.82) is 0 Å². The summed E-state index contributed by atoms with van der Waals surface area (Å²) in [5.41, 5.74) is 1.82. The van der Waals surface area contributed by atoms with Gasteiger partial charge in [0.05, 0.1) is 5.69 Å². The van der Waals surface area contributed by atoms with E-state index < -0.39 is 5.97 Å². The van der Waals surface area contributed by atoms with Crippen molar-refractivity contribution in [2.24, 2.45) is 0 Å². The van der Waals surface area contributed by atoms with E-state index in [0.717, 1.165) is 18.5 Å². The molecule has 1 aliphatic rings. The van der Waals surface area contributed by atoms with Gasteiger partial charge in [-0.05, 0) is 25.8 Å². The molecule has 1 aliphatic carbocycles. The van der Waals surface area contributed by atoms with Gasteiger partial charge in [0.1, 0.15) is 5.56 Å². The molecule has 98 valence electrons. The molecule has 0 spiro atoms. The first-order chi connectivity index (χ1) is 8.66. The molecule has 0 atom stereocenters. The number of nitrogens with zero attached hydrogens (tertiary/aromatic N) is 1. The molecule has 0 amide bonds. The number of carbonyl (C=O) groups is 1. The molecule has 0 radical (unpaired) electrons. The maximum atomic E-state index is 11.2. The topological polar surface area (TPSA) is 62.2 Å². The van der Waals surface area contributed by atoms with Crippen molar-refractivity contribution in [3.05, 3.63) is 23.5 Å². The lowest BCUT2D eigenvalue weighted by atomic mass is 10.1. The Balaban J connectivity index is 2.15. The fraction of sp³-hybridized carbons (Fsp3) is 0.571. The summed E-state index contributed by atoms with van der Waals surface area (Å²) in [4.78, 5) is 15.2. The van der Waals surface area contributed by atoms with Gasteiger partial charge in [-0.25, -0.2) is 4.79 Å². The van der Waals surface area contributed by atoms with Crippen LogP contribution in [-0.2, 0) is 0 Å². The molecular weight excluding hydrogens is 228 g/mol. The fourth-order valence-electron chi connectivity index (χ4n) is 2.49. The van der Waals surface area contributed by atoms with Gasteiger partial charge in [0.2, 0.25) is 0 Å². The Morgan fingerprint density at radius 3 is 2.61 bits per heavy atom. The molecule has 2 rings (SSSR count). The molecule has 18 heavy (non-hydrogen) atoms. The average Bonchev–Trinajstić information content (AvgIpc) is 2.57. The summed E-state index contributed by atoms with van der Waals surface area (Å²) in [6, 6.07) is 2.22. The van der Waals surface area contributed by atoms with E-state index in [0.29, 0.717) is 11.7 Å². The van der Waals surface area contributed by atoms with Crippen molar-refractivity contribution in [2.45, 2.75) is 51.5 Å². The minimum Gasteiger partial charge on any atom is -0.478 e. The van der Waals surface area contributed by atoms with Crippen LogP contribution in [0.2, 0.25) is 0 Å². The summed E-state index contributed by atoms with van der Waals surface area (Å²) in [6.07, 6.45) is 8.73. The summed E-state index contributed by atoms with van der Waals surface area (Å²) >= 11 is 0. The number of nitrogens with one attached hydrogen (secondary N) is 1. The molecule has 0 aliphatic heterocycles. The van der Waals surface area contributed by atoms with E-state index in [4.69, 9.17) is 5.11 Å². The number of aryl methyl sites for hydroxylation is 1. The highest BCUT2D eigenvalue weighted by Crippen LogP contribution is 2.23. The predicted octanol–water partition coefficient (Wildman–Crippen LogP) is 3.22. The summed E-state index contributed by atoms with van der Waals surface area (Å²) in [5.74, 6) is -0.918. The van der Waals surface area contributed by atoms with Crippen molar-refractivity contribution in [1.82, 2.24) is 4.98 Å². The Morgan fingerprint density at radius 1 is 1.33 bits per heavy atom. The summed E-state index contributed by atoms with van der Waals surface area (Å²) < 4.78 is 0. The quantitative estimate of drug-likeness (QED) is 0.806.